The largest absolute Gasteiger partial charge is 0.481 e. The zero-order chi connectivity index (χ0) is 13.7. The normalized spacial score (nSPS) is 11.7. The number of para-hydroxylation sites is 1. The summed E-state index contributed by atoms with van der Waals surface area (Å²) in [5.74, 6) is -1.59. The van der Waals surface area contributed by atoms with Crippen molar-refractivity contribution in [2.75, 3.05) is 11.9 Å². The lowest BCUT2D eigenvalue weighted by Crippen LogP contribution is -2.34. The predicted molar refractivity (Wildman–Crippen MR) is 70.0 cm³/mol. The van der Waals surface area contributed by atoms with Crippen LogP contribution in [-0.4, -0.2) is 23.7 Å². The minimum absolute atomic E-state index is 0.0602. The molecule has 0 saturated carbocycles. The summed E-state index contributed by atoms with van der Waals surface area (Å²) < 4.78 is 0. The van der Waals surface area contributed by atoms with Gasteiger partial charge >= 0.3 is 12.0 Å². The number of carbonyl (C=O) groups is 2. The van der Waals surface area contributed by atoms with Gasteiger partial charge in [-0.05, 0) is 18.6 Å². The first-order valence-electron chi connectivity index (χ1n) is 5.44. The van der Waals surface area contributed by atoms with Crippen molar-refractivity contribution < 1.29 is 14.7 Å². The molecule has 0 aliphatic rings. The highest BCUT2D eigenvalue weighted by Crippen LogP contribution is 2.24. The van der Waals surface area contributed by atoms with E-state index < -0.39 is 17.9 Å². The van der Waals surface area contributed by atoms with E-state index in [-0.39, 0.29) is 6.54 Å². The number of carboxylic acids is 1. The lowest BCUT2D eigenvalue weighted by atomic mass is 10.2. The molecule has 0 bridgehead atoms. The monoisotopic (exact) mass is 270 g/mol. The highest BCUT2D eigenvalue weighted by atomic mass is 35.5. The predicted octanol–water partition coefficient (Wildman–Crippen LogP) is 2.49. The zero-order valence-electron chi connectivity index (χ0n) is 10.2. The molecule has 0 aliphatic heterocycles. The number of nitrogens with one attached hydrogen (secondary N) is 2. The molecule has 0 radical (unpaired) electrons. The highest BCUT2D eigenvalue weighted by molar-refractivity contribution is 6.33. The maximum atomic E-state index is 11.6. The van der Waals surface area contributed by atoms with E-state index in [9.17, 15) is 9.59 Å². The lowest BCUT2D eigenvalue weighted by molar-refractivity contribution is -0.140. The molecule has 1 rings (SSSR count). The number of halogens is 1. The van der Waals surface area contributed by atoms with Crippen LogP contribution in [0.25, 0.3) is 0 Å². The summed E-state index contributed by atoms with van der Waals surface area (Å²) in [5, 5.41) is 14.2. The summed E-state index contributed by atoms with van der Waals surface area (Å²) in [7, 11) is 0. The van der Waals surface area contributed by atoms with Crippen molar-refractivity contribution in [1.82, 2.24) is 5.32 Å². The summed E-state index contributed by atoms with van der Waals surface area (Å²) in [6, 6.07) is 4.80. The van der Waals surface area contributed by atoms with Crippen LogP contribution in [0.15, 0.2) is 18.2 Å². The standard InChI is InChI=1S/C12H15ClN2O3/c1-7-4-3-5-9(13)10(7)15-12(18)14-6-8(2)11(16)17/h3-5,8H,6H2,1-2H3,(H,16,17)(H2,14,15,18). The van der Waals surface area contributed by atoms with Gasteiger partial charge < -0.3 is 15.7 Å². The second-order valence-corrected chi connectivity index (χ2v) is 4.41. The molecule has 6 heteroatoms. The molecule has 0 spiro atoms. The topological polar surface area (TPSA) is 78.4 Å². The van der Waals surface area contributed by atoms with Crippen LogP contribution < -0.4 is 10.6 Å². The fourth-order valence-corrected chi connectivity index (χ4v) is 1.55. The molecule has 0 fully saturated rings. The third-order valence-corrected chi connectivity index (χ3v) is 2.77. The van der Waals surface area contributed by atoms with Crippen LogP contribution in [0, 0.1) is 12.8 Å². The van der Waals surface area contributed by atoms with Crippen molar-refractivity contribution >= 4 is 29.3 Å². The van der Waals surface area contributed by atoms with Gasteiger partial charge in [-0.2, -0.15) is 0 Å². The molecule has 0 heterocycles. The Balaban J connectivity index is 2.58. The van der Waals surface area contributed by atoms with E-state index in [4.69, 9.17) is 16.7 Å². The van der Waals surface area contributed by atoms with Gasteiger partial charge in [0.15, 0.2) is 0 Å². The van der Waals surface area contributed by atoms with Crippen molar-refractivity contribution in [3.63, 3.8) is 0 Å². The first kappa shape index (κ1) is 14.3. The molecule has 3 N–H and O–H groups in total. The van der Waals surface area contributed by atoms with Crippen LogP contribution in [0.2, 0.25) is 5.02 Å². The van der Waals surface area contributed by atoms with E-state index in [1.54, 1.807) is 12.1 Å². The van der Waals surface area contributed by atoms with E-state index in [0.29, 0.717) is 10.7 Å². The Kier molecular flexibility index (Phi) is 4.97. The van der Waals surface area contributed by atoms with E-state index >= 15 is 0 Å². The molecule has 0 aliphatic carbocycles. The Hall–Kier alpha value is -1.75. The van der Waals surface area contributed by atoms with Crippen LogP contribution in [0.1, 0.15) is 12.5 Å². The minimum atomic E-state index is -0.954. The van der Waals surface area contributed by atoms with Crippen molar-refractivity contribution in [2.45, 2.75) is 13.8 Å². The Morgan fingerprint density at radius 2 is 2.11 bits per heavy atom. The summed E-state index contributed by atoms with van der Waals surface area (Å²) in [4.78, 5) is 22.2. The van der Waals surface area contributed by atoms with Crippen molar-refractivity contribution in [3.05, 3.63) is 28.8 Å². The Morgan fingerprint density at radius 3 is 2.67 bits per heavy atom. The summed E-state index contributed by atoms with van der Waals surface area (Å²) in [6.07, 6.45) is 0. The van der Waals surface area contributed by atoms with Gasteiger partial charge in [-0.1, -0.05) is 30.7 Å². The number of aliphatic carboxylic acids is 1. The van der Waals surface area contributed by atoms with Crippen molar-refractivity contribution in [2.24, 2.45) is 5.92 Å². The van der Waals surface area contributed by atoms with Crippen LogP contribution >= 0.6 is 11.6 Å². The van der Waals surface area contributed by atoms with E-state index in [0.717, 1.165) is 5.56 Å². The molecule has 1 aromatic rings. The Bertz CT molecular complexity index is 442. The number of benzene rings is 1. The molecule has 18 heavy (non-hydrogen) atoms. The highest BCUT2D eigenvalue weighted by Gasteiger charge is 2.13. The molecule has 1 unspecified atom stereocenters. The number of carbonyl (C=O) groups excluding carboxylic acids is 1. The summed E-state index contributed by atoms with van der Waals surface area (Å²) in [6.45, 7) is 3.40. The first-order valence-corrected chi connectivity index (χ1v) is 5.82. The number of urea groups is 1. The van der Waals surface area contributed by atoms with Gasteiger partial charge in [0.25, 0.3) is 0 Å². The van der Waals surface area contributed by atoms with Crippen LogP contribution in [0.4, 0.5) is 10.5 Å². The number of hydrogen-bond donors (Lipinski definition) is 3. The van der Waals surface area contributed by atoms with Gasteiger partial charge in [0.05, 0.1) is 16.6 Å². The number of rotatable bonds is 4. The fraction of sp³-hybridized carbons (Fsp3) is 0.333. The first-order chi connectivity index (χ1) is 8.41. The van der Waals surface area contributed by atoms with Gasteiger partial charge in [-0.25, -0.2) is 4.79 Å². The molecule has 0 saturated heterocycles. The number of carboxylic acid groups (broad SMARTS) is 1. The Labute approximate surface area is 110 Å². The van der Waals surface area contributed by atoms with Gasteiger partial charge in [0, 0.05) is 6.54 Å². The average Bonchev–Trinajstić information content (AvgIpc) is 2.30. The minimum Gasteiger partial charge on any atom is -0.481 e. The maximum absolute atomic E-state index is 11.6. The number of hydrogen-bond acceptors (Lipinski definition) is 2. The smallest absolute Gasteiger partial charge is 0.319 e. The van der Waals surface area contributed by atoms with Gasteiger partial charge in [0.1, 0.15) is 0 Å². The number of amides is 2. The molecule has 2 amide bonds. The summed E-state index contributed by atoms with van der Waals surface area (Å²) >= 11 is 5.95. The average molecular weight is 271 g/mol. The molecular weight excluding hydrogens is 256 g/mol. The van der Waals surface area contributed by atoms with Crippen LogP contribution in [0.3, 0.4) is 0 Å². The van der Waals surface area contributed by atoms with Gasteiger partial charge in [0.2, 0.25) is 0 Å². The molecule has 98 valence electrons. The van der Waals surface area contributed by atoms with E-state index in [2.05, 4.69) is 10.6 Å². The SMILES string of the molecule is Cc1cccc(Cl)c1NC(=O)NCC(C)C(=O)O. The van der Waals surface area contributed by atoms with Crippen molar-refractivity contribution in [3.8, 4) is 0 Å². The summed E-state index contributed by atoms with van der Waals surface area (Å²) in [5.41, 5.74) is 1.36. The third kappa shape index (κ3) is 3.92. The molecule has 1 aromatic carbocycles. The zero-order valence-corrected chi connectivity index (χ0v) is 10.9. The molecule has 1 atom stereocenters. The second kappa shape index (κ2) is 6.26. The van der Waals surface area contributed by atoms with Gasteiger partial charge in [-0.15, -0.1) is 0 Å². The Morgan fingerprint density at radius 1 is 1.44 bits per heavy atom. The quantitative estimate of drug-likeness (QED) is 0.786. The van der Waals surface area contributed by atoms with Crippen LogP contribution in [-0.2, 0) is 4.79 Å². The van der Waals surface area contributed by atoms with Gasteiger partial charge in [-0.3, -0.25) is 4.79 Å². The van der Waals surface area contributed by atoms with Crippen LogP contribution in [0.5, 0.6) is 0 Å². The molecular formula is C12H15ClN2O3. The second-order valence-electron chi connectivity index (χ2n) is 4.01. The molecule has 0 aromatic heterocycles. The number of aryl methyl sites for hydroxylation is 1. The van der Waals surface area contributed by atoms with E-state index in [1.165, 1.54) is 6.92 Å². The van der Waals surface area contributed by atoms with Crippen molar-refractivity contribution in [1.29, 1.82) is 0 Å². The fourth-order valence-electron chi connectivity index (χ4n) is 1.28. The maximum Gasteiger partial charge on any atom is 0.319 e. The molecule has 5 nitrogen and oxygen atoms in total. The third-order valence-electron chi connectivity index (χ3n) is 2.45. The lowest BCUT2D eigenvalue weighted by Gasteiger charge is -2.12. The van der Waals surface area contributed by atoms with E-state index in [1.807, 2.05) is 13.0 Å². The number of anilines is 1.